The summed E-state index contributed by atoms with van der Waals surface area (Å²) in [6.45, 7) is 2.03. The average Bonchev–Trinajstić information content (AvgIpc) is 2.70. The van der Waals surface area contributed by atoms with Gasteiger partial charge in [-0.2, -0.15) is 0 Å². The monoisotopic (exact) mass is 409 g/mol. The smallest absolute Gasteiger partial charge is 0.182 e. The number of nitrogens with zero attached hydrogens (tertiary/aromatic N) is 1. The summed E-state index contributed by atoms with van der Waals surface area (Å²) in [6, 6.07) is 18.0. The standard InChI is InChI=1S/C23H20FNO3S/c1-16-20-8-2-3-9-21(20)22-14-17(24)10-11-23(22)25(16)12-5-13-29(27,28)19-7-4-6-18(26)15-19/h2-12,14-16,26H,13H2,1H3. The third-order valence-corrected chi connectivity index (χ3v) is 6.72. The van der Waals surface area contributed by atoms with Crippen LogP contribution in [0, 0.1) is 5.82 Å². The highest BCUT2D eigenvalue weighted by atomic mass is 32.2. The predicted molar refractivity (Wildman–Crippen MR) is 112 cm³/mol. The van der Waals surface area contributed by atoms with Crippen LogP contribution in [0.4, 0.5) is 10.1 Å². The Labute approximate surface area is 169 Å². The molecule has 0 bridgehead atoms. The van der Waals surface area contributed by atoms with E-state index in [1.165, 1.54) is 36.4 Å². The van der Waals surface area contributed by atoms with Crippen LogP contribution in [0.5, 0.6) is 5.75 Å². The summed E-state index contributed by atoms with van der Waals surface area (Å²) in [5, 5.41) is 9.54. The van der Waals surface area contributed by atoms with Crippen molar-refractivity contribution < 1.29 is 17.9 Å². The molecule has 0 radical (unpaired) electrons. The quantitative estimate of drug-likeness (QED) is 0.654. The second-order valence-electron chi connectivity index (χ2n) is 7.00. The number of sulfone groups is 1. The number of hydrogen-bond donors (Lipinski definition) is 1. The number of aromatic hydroxyl groups is 1. The van der Waals surface area contributed by atoms with Gasteiger partial charge >= 0.3 is 0 Å². The van der Waals surface area contributed by atoms with Gasteiger partial charge in [-0.3, -0.25) is 0 Å². The molecule has 0 saturated carbocycles. The Balaban J connectivity index is 1.67. The van der Waals surface area contributed by atoms with Crippen LogP contribution in [0.2, 0.25) is 0 Å². The van der Waals surface area contributed by atoms with E-state index < -0.39 is 9.84 Å². The van der Waals surface area contributed by atoms with E-state index in [-0.39, 0.29) is 28.3 Å². The minimum Gasteiger partial charge on any atom is -0.508 e. The van der Waals surface area contributed by atoms with Crippen molar-refractivity contribution in [2.45, 2.75) is 17.9 Å². The highest BCUT2D eigenvalue weighted by Crippen LogP contribution is 2.44. The van der Waals surface area contributed by atoms with Gasteiger partial charge in [-0.25, -0.2) is 12.8 Å². The molecule has 6 heteroatoms. The van der Waals surface area contributed by atoms with Crippen LogP contribution < -0.4 is 4.90 Å². The van der Waals surface area contributed by atoms with Crippen molar-refractivity contribution in [2.24, 2.45) is 0 Å². The molecule has 0 fully saturated rings. The fourth-order valence-electron chi connectivity index (χ4n) is 3.68. The largest absolute Gasteiger partial charge is 0.508 e. The number of fused-ring (bicyclic) bond motifs is 3. The Morgan fingerprint density at radius 3 is 2.62 bits per heavy atom. The molecular formula is C23H20FNO3S. The van der Waals surface area contributed by atoms with Crippen molar-refractivity contribution in [1.29, 1.82) is 0 Å². The van der Waals surface area contributed by atoms with E-state index in [1.807, 2.05) is 36.1 Å². The average molecular weight is 409 g/mol. The molecule has 0 amide bonds. The van der Waals surface area contributed by atoms with Gasteiger partial charge in [-0.15, -0.1) is 0 Å². The molecule has 148 valence electrons. The maximum Gasteiger partial charge on any atom is 0.182 e. The lowest BCUT2D eigenvalue weighted by atomic mass is 9.89. The number of phenols is 1. The minimum atomic E-state index is -3.58. The molecule has 4 rings (SSSR count). The van der Waals surface area contributed by atoms with Gasteiger partial charge in [0, 0.05) is 17.5 Å². The first-order chi connectivity index (χ1) is 13.9. The topological polar surface area (TPSA) is 57.6 Å². The van der Waals surface area contributed by atoms with Gasteiger partial charge in [0.05, 0.1) is 16.7 Å². The van der Waals surface area contributed by atoms with Gasteiger partial charge < -0.3 is 10.0 Å². The summed E-state index contributed by atoms with van der Waals surface area (Å²) in [6.07, 6.45) is 3.31. The Kier molecular flexibility index (Phi) is 4.88. The number of anilines is 1. The molecule has 4 nitrogen and oxygen atoms in total. The van der Waals surface area contributed by atoms with E-state index in [1.54, 1.807) is 18.3 Å². The van der Waals surface area contributed by atoms with E-state index in [2.05, 4.69) is 0 Å². The van der Waals surface area contributed by atoms with Crippen molar-refractivity contribution >= 4 is 15.5 Å². The third-order valence-electron chi connectivity index (χ3n) is 5.11. The molecule has 0 aromatic heterocycles. The number of phenolic OH excluding ortho intramolecular Hbond substituents is 1. The summed E-state index contributed by atoms with van der Waals surface area (Å²) >= 11 is 0. The van der Waals surface area contributed by atoms with Crippen molar-refractivity contribution in [3.05, 3.63) is 90.4 Å². The molecule has 0 spiro atoms. The third kappa shape index (κ3) is 3.63. The van der Waals surface area contributed by atoms with Crippen molar-refractivity contribution in [3.63, 3.8) is 0 Å². The van der Waals surface area contributed by atoms with E-state index in [0.717, 1.165) is 22.4 Å². The zero-order chi connectivity index (χ0) is 20.6. The van der Waals surface area contributed by atoms with E-state index in [9.17, 15) is 17.9 Å². The lowest BCUT2D eigenvalue weighted by Crippen LogP contribution is -2.25. The fourth-order valence-corrected chi connectivity index (χ4v) is 4.80. The van der Waals surface area contributed by atoms with Crippen LogP contribution in [-0.4, -0.2) is 19.3 Å². The molecule has 1 N–H and O–H groups in total. The molecule has 0 aliphatic carbocycles. The molecule has 1 aliphatic heterocycles. The Morgan fingerprint density at radius 2 is 1.83 bits per heavy atom. The summed E-state index contributed by atoms with van der Waals surface area (Å²) in [7, 11) is -3.58. The van der Waals surface area contributed by atoms with Crippen molar-refractivity contribution in [1.82, 2.24) is 0 Å². The van der Waals surface area contributed by atoms with E-state index in [0.29, 0.717) is 0 Å². The highest BCUT2D eigenvalue weighted by Gasteiger charge is 2.27. The first kappa shape index (κ1) is 19.2. The lowest BCUT2D eigenvalue weighted by molar-refractivity contribution is 0.473. The molecule has 29 heavy (non-hydrogen) atoms. The Hall–Kier alpha value is -3.12. The van der Waals surface area contributed by atoms with Crippen LogP contribution in [0.1, 0.15) is 18.5 Å². The van der Waals surface area contributed by atoms with Gasteiger partial charge in [-0.1, -0.05) is 36.4 Å². The fraction of sp³-hybridized carbons (Fsp3) is 0.130. The van der Waals surface area contributed by atoms with Crippen LogP contribution in [-0.2, 0) is 9.84 Å². The number of benzene rings is 3. The van der Waals surface area contributed by atoms with Gasteiger partial charge in [0.25, 0.3) is 0 Å². The molecular weight excluding hydrogens is 389 g/mol. The summed E-state index contributed by atoms with van der Waals surface area (Å²) in [4.78, 5) is 2.02. The second kappa shape index (κ2) is 7.37. The van der Waals surface area contributed by atoms with Gasteiger partial charge in [0.1, 0.15) is 11.6 Å². The molecule has 1 unspecified atom stereocenters. The van der Waals surface area contributed by atoms with Gasteiger partial charge in [0.2, 0.25) is 0 Å². The Bertz CT molecular complexity index is 1200. The second-order valence-corrected chi connectivity index (χ2v) is 9.03. The Morgan fingerprint density at radius 1 is 1.03 bits per heavy atom. The van der Waals surface area contributed by atoms with Crippen molar-refractivity contribution in [2.75, 3.05) is 10.7 Å². The molecule has 3 aromatic rings. The summed E-state index contributed by atoms with van der Waals surface area (Å²) in [5.41, 5.74) is 3.63. The molecule has 0 saturated heterocycles. The first-order valence-corrected chi connectivity index (χ1v) is 10.9. The van der Waals surface area contributed by atoms with Crippen molar-refractivity contribution in [3.8, 4) is 16.9 Å². The normalized spacial score (nSPS) is 15.9. The first-order valence-electron chi connectivity index (χ1n) is 9.22. The predicted octanol–water partition coefficient (Wildman–Crippen LogP) is 5.07. The molecule has 1 aliphatic rings. The van der Waals surface area contributed by atoms with E-state index in [4.69, 9.17) is 0 Å². The summed E-state index contributed by atoms with van der Waals surface area (Å²) < 4.78 is 39.0. The van der Waals surface area contributed by atoms with Gasteiger partial charge in [-0.05, 0) is 54.4 Å². The minimum absolute atomic E-state index is 0.0381. The zero-order valence-electron chi connectivity index (χ0n) is 15.8. The maximum absolute atomic E-state index is 13.9. The lowest BCUT2D eigenvalue weighted by Gasteiger charge is -2.36. The SMILES string of the molecule is CC1c2ccccc2-c2cc(F)ccc2N1C=CCS(=O)(=O)c1cccc(O)c1. The van der Waals surface area contributed by atoms with Crippen LogP contribution in [0.3, 0.4) is 0 Å². The van der Waals surface area contributed by atoms with Crippen LogP contribution in [0.25, 0.3) is 11.1 Å². The number of halogens is 1. The molecule has 1 atom stereocenters. The molecule has 3 aromatic carbocycles. The number of rotatable bonds is 4. The van der Waals surface area contributed by atoms with Gasteiger partial charge in [0.15, 0.2) is 9.84 Å². The highest BCUT2D eigenvalue weighted by molar-refractivity contribution is 7.91. The van der Waals surface area contributed by atoms with E-state index >= 15 is 0 Å². The number of hydrogen-bond acceptors (Lipinski definition) is 4. The summed E-state index contributed by atoms with van der Waals surface area (Å²) in [5.74, 6) is -0.617. The van der Waals surface area contributed by atoms with Crippen LogP contribution >= 0.6 is 0 Å². The molecule has 1 heterocycles. The maximum atomic E-state index is 13.9. The zero-order valence-corrected chi connectivity index (χ0v) is 16.6. The van der Waals surface area contributed by atoms with Crippen LogP contribution in [0.15, 0.2) is 83.9 Å².